The number of nitro groups is 1. The van der Waals surface area contributed by atoms with Crippen molar-refractivity contribution in [1.29, 1.82) is 0 Å². The fourth-order valence-corrected chi connectivity index (χ4v) is 2.01. The van der Waals surface area contributed by atoms with Gasteiger partial charge in [0.15, 0.2) is 0 Å². The van der Waals surface area contributed by atoms with E-state index < -0.39 is 16.6 Å². The van der Waals surface area contributed by atoms with E-state index in [4.69, 9.17) is 0 Å². The third-order valence-electron chi connectivity index (χ3n) is 2.67. The molecule has 7 nitrogen and oxygen atoms in total. The minimum Gasteiger partial charge on any atom is -0.358 e. The summed E-state index contributed by atoms with van der Waals surface area (Å²) in [5.74, 6) is -1.10. The Morgan fingerprint density at radius 2 is 2.29 bits per heavy atom. The van der Waals surface area contributed by atoms with Crippen LogP contribution in [-0.4, -0.2) is 20.4 Å². The van der Waals surface area contributed by atoms with Gasteiger partial charge in [-0.15, -0.1) is 0 Å². The highest BCUT2D eigenvalue weighted by atomic mass is 79.9. The van der Waals surface area contributed by atoms with Crippen LogP contribution in [0.15, 0.2) is 28.9 Å². The van der Waals surface area contributed by atoms with Crippen LogP contribution in [0.25, 0.3) is 0 Å². The van der Waals surface area contributed by atoms with Gasteiger partial charge in [-0.25, -0.2) is 4.39 Å². The largest absolute Gasteiger partial charge is 0.381 e. The quantitative estimate of drug-likeness (QED) is 0.673. The smallest absolute Gasteiger partial charge is 0.358 e. The number of carbonyl (C=O) groups is 1. The molecule has 110 valence electrons. The first-order valence-corrected chi connectivity index (χ1v) is 6.59. The second kappa shape index (κ2) is 6.00. The number of aryl methyl sites for hydroxylation is 1. The first-order valence-electron chi connectivity index (χ1n) is 5.80. The molecule has 0 aliphatic rings. The maximum Gasteiger partial charge on any atom is 0.381 e. The average molecular weight is 357 g/mol. The average Bonchev–Trinajstić information content (AvgIpc) is 2.75. The summed E-state index contributed by atoms with van der Waals surface area (Å²) in [6, 6.07) is 4.23. The molecule has 1 aromatic heterocycles. The van der Waals surface area contributed by atoms with Crippen molar-refractivity contribution >= 4 is 33.3 Å². The number of halogens is 2. The fraction of sp³-hybridized carbons (Fsp3) is 0.167. The van der Waals surface area contributed by atoms with Gasteiger partial charge in [0.2, 0.25) is 11.7 Å². The maximum atomic E-state index is 13.6. The molecular formula is C12H10BrFN4O3. The Hall–Kier alpha value is -2.29. The second-order valence-corrected chi connectivity index (χ2v) is 5.12. The summed E-state index contributed by atoms with van der Waals surface area (Å²) in [5.41, 5.74) is 0.0375. The van der Waals surface area contributed by atoms with E-state index >= 15 is 0 Å². The Bertz CT molecular complexity index is 717. The van der Waals surface area contributed by atoms with E-state index in [1.54, 1.807) is 13.0 Å². The number of nitrogens with zero attached hydrogens (tertiary/aromatic N) is 3. The van der Waals surface area contributed by atoms with Crippen LogP contribution in [0, 0.1) is 22.9 Å². The molecule has 0 radical (unpaired) electrons. The number of amides is 1. The Morgan fingerprint density at radius 1 is 1.57 bits per heavy atom. The van der Waals surface area contributed by atoms with Crippen LogP contribution in [0.3, 0.4) is 0 Å². The lowest BCUT2D eigenvalue weighted by atomic mass is 10.3. The minimum atomic E-state index is -0.643. The third-order valence-corrected chi connectivity index (χ3v) is 3.16. The molecule has 21 heavy (non-hydrogen) atoms. The third kappa shape index (κ3) is 3.63. The zero-order chi connectivity index (χ0) is 15.6. The SMILES string of the molecule is Cc1nc([N+](=O)[O-])cn1CC(=O)Nc1ccc(Br)cc1F. The van der Waals surface area contributed by atoms with Gasteiger partial charge in [-0.2, -0.15) is 0 Å². The molecule has 0 saturated carbocycles. The molecule has 0 spiro atoms. The summed E-state index contributed by atoms with van der Waals surface area (Å²) >= 11 is 3.11. The Morgan fingerprint density at radius 3 is 2.86 bits per heavy atom. The standard InChI is InChI=1S/C12H10BrFN4O3/c1-7-15-11(18(20)21)5-17(7)6-12(19)16-10-3-2-8(13)4-9(10)14/h2-5H,6H2,1H3,(H,16,19). The molecular weight excluding hydrogens is 347 g/mol. The Labute approximate surface area is 127 Å². The van der Waals surface area contributed by atoms with E-state index in [1.807, 2.05) is 0 Å². The molecule has 0 saturated heterocycles. The minimum absolute atomic E-state index is 0.0375. The molecule has 0 unspecified atom stereocenters. The second-order valence-electron chi connectivity index (χ2n) is 4.20. The zero-order valence-electron chi connectivity index (χ0n) is 10.8. The molecule has 9 heteroatoms. The molecule has 0 aliphatic heterocycles. The van der Waals surface area contributed by atoms with Gasteiger partial charge in [-0.3, -0.25) is 9.36 Å². The normalized spacial score (nSPS) is 10.4. The molecule has 1 aromatic carbocycles. The Kier molecular flexibility index (Phi) is 4.32. The van der Waals surface area contributed by atoms with Gasteiger partial charge >= 0.3 is 5.82 Å². The van der Waals surface area contributed by atoms with Crippen LogP contribution in [0.5, 0.6) is 0 Å². The van der Waals surface area contributed by atoms with Gasteiger partial charge in [-0.1, -0.05) is 15.9 Å². The van der Waals surface area contributed by atoms with Crippen LogP contribution in [0.4, 0.5) is 15.9 Å². The van der Waals surface area contributed by atoms with Crippen LogP contribution >= 0.6 is 15.9 Å². The predicted molar refractivity (Wildman–Crippen MR) is 76.3 cm³/mol. The van der Waals surface area contributed by atoms with Crippen molar-refractivity contribution in [1.82, 2.24) is 9.55 Å². The summed E-state index contributed by atoms with van der Waals surface area (Å²) in [5, 5.41) is 13.0. The molecule has 1 amide bonds. The number of nitrogens with one attached hydrogen (secondary N) is 1. The van der Waals surface area contributed by atoms with Gasteiger partial charge in [0, 0.05) is 11.4 Å². The maximum absolute atomic E-state index is 13.6. The topological polar surface area (TPSA) is 90.1 Å². The first kappa shape index (κ1) is 15.1. The lowest BCUT2D eigenvalue weighted by molar-refractivity contribution is -0.389. The van der Waals surface area contributed by atoms with Crippen molar-refractivity contribution in [2.24, 2.45) is 0 Å². The summed E-state index contributed by atoms with van der Waals surface area (Å²) in [4.78, 5) is 25.5. The van der Waals surface area contributed by atoms with Crippen LogP contribution in [0.1, 0.15) is 5.82 Å². The lowest BCUT2D eigenvalue weighted by Gasteiger charge is -2.07. The monoisotopic (exact) mass is 356 g/mol. The van der Waals surface area contributed by atoms with Gasteiger partial charge in [0.25, 0.3) is 0 Å². The summed E-state index contributed by atoms with van der Waals surface area (Å²) in [7, 11) is 0. The molecule has 0 aliphatic carbocycles. The van der Waals surface area contributed by atoms with E-state index in [0.717, 1.165) is 6.20 Å². The molecule has 1 heterocycles. The predicted octanol–water partition coefficient (Wildman–Crippen LogP) is 2.64. The van der Waals surface area contributed by atoms with E-state index in [1.165, 1.54) is 16.7 Å². The first-order chi connectivity index (χ1) is 9.86. The van der Waals surface area contributed by atoms with Crippen molar-refractivity contribution in [3.8, 4) is 0 Å². The van der Waals surface area contributed by atoms with Crippen molar-refractivity contribution in [2.75, 3.05) is 5.32 Å². The summed E-state index contributed by atoms with van der Waals surface area (Å²) in [6.45, 7) is 1.35. The number of rotatable bonds is 4. The fourth-order valence-electron chi connectivity index (χ4n) is 1.67. The number of benzene rings is 1. The van der Waals surface area contributed by atoms with Gasteiger partial charge in [-0.05, 0) is 28.1 Å². The lowest BCUT2D eigenvalue weighted by Crippen LogP contribution is -2.19. The number of anilines is 1. The molecule has 2 aromatic rings. The van der Waals surface area contributed by atoms with Gasteiger partial charge in [0.05, 0.1) is 5.69 Å². The number of aromatic nitrogens is 2. The number of imidazole rings is 1. The Balaban J connectivity index is 2.10. The van der Waals surface area contributed by atoms with Gasteiger partial charge < -0.3 is 15.4 Å². The van der Waals surface area contributed by atoms with E-state index in [2.05, 4.69) is 26.2 Å². The van der Waals surface area contributed by atoms with Crippen molar-refractivity contribution in [3.63, 3.8) is 0 Å². The van der Waals surface area contributed by atoms with Crippen molar-refractivity contribution in [2.45, 2.75) is 13.5 Å². The van der Waals surface area contributed by atoms with Crippen LogP contribution in [0.2, 0.25) is 0 Å². The molecule has 0 fully saturated rings. The van der Waals surface area contributed by atoms with Gasteiger partial charge in [0.1, 0.15) is 18.6 Å². The zero-order valence-corrected chi connectivity index (χ0v) is 12.4. The summed E-state index contributed by atoms with van der Waals surface area (Å²) < 4.78 is 15.5. The van der Waals surface area contributed by atoms with E-state index in [9.17, 15) is 19.3 Å². The van der Waals surface area contributed by atoms with E-state index in [0.29, 0.717) is 10.3 Å². The van der Waals surface area contributed by atoms with Crippen LogP contribution in [-0.2, 0) is 11.3 Å². The molecule has 1 N–H and O–H groups in total. The van der Waals surface area contributed by atoms with Crippen molar-refractivity contribution in [3.05, 3.63) is 50.6 Å². The van der Waals surface area contributed by atoms with Crippen LogP contribution < -0.4 is 5.32 Å². The highest BCUT2D eigenvalue weighted by molar-refractivity contribution is 9.10. The number of carbonyl (C=O) groups excluding carboxylic acids is 1. The highest BCUT2D eigenvalue weighted by Crippen LogP contribution is 2.19. The number of hydrogen-bond donors (Lipinski definition) is 1. The highest BCUT2D eigenvalue weighted by Gasteiger charge is 2.17. The van der Waals surface area contributed by atoms with Crippen molar-refractivity contribution < 1.29 is 14.1 Å². The molecule has 0 atom stereocenters. The molecule has 0 bridgehead atoms. The van der Waals surface area contributed by atoms with E-state index in [-0.39, 0.29) is 18.1 Å². The molecule has 2 rings (SSSR count). The number of hydrogen-bond acceptors (Lipinski definition) is 4. The summed E-state index contributed by atoms with van der Waals surface area (Å²) in [6.07, 6.45) is 1.16.